The average Bonchev–Trinajstić information content (AvgIpc) is 2.50. The fraction of sp³-hybridized carbons (Fsp3) is 0.368. The molecule has 2 aromatic rings. The number of benzene rings is 2. The molecule has 0 spiro atoms. The normalized spacial score (nSPS) is 17.3. The Bertz CT molecular complexity index is 619. The molecule has 1 N–H and O–H groups in total. The SMILES string of the molecule is CCCN1c2cc(C)c(C)cc2NCC1c1ccccc1. The first-order valence-electron chi connectivity index (χ1n) is 7.87. The average molecular weight is 280 g/mol. The van der Waals surface area contributed by atoms with E-state index in [2.05, 4.69) is 73.5 Å². The van der Waals surface area contributed by atoms with Gasteiger partial charge in [-0.2, -0.15) is 0 Å². The monoisotopic (exact) mass is 280 g/mol. The molecule has 110 valence electrons. The highest BCUT2D eigenvalue weighted by atomic mass is 15.2. The predicted octanol–water partition coefficient (Wildman–Crippen LogP) is 4.69. The second-order valence-electron chi connectivity index (χ2n) is 5.95. The number of rotatable bonds is 3. The summed E-state index contributed by atoms with van der Waals surface area (Å²) in [6.07, 6.45) is 1.16. The number of anilines is 2. The topological polar surface area (TPSA) is 15.3 Å². The highest BCUT2D eigenvalue weighted by Gasteiger charge is 2.27. The van der Waals surface area contributed by atoms with Gasteiger partial charge in [0.15, 0.2) is 0 Å². The summed E-state index contributed by atoms with van der Waals surface area (Å²) in [7, 11) is 0. The highest BCUT2D eigenvalue weighted by Crippen LogP contribution is 2.39. The molecule has 1 aliphatic rings. The van der Waals surface area contributed by atoms with Crippen molar-refractivity contribution in [2.75, 3.05) is 23.3 Å². The van der Waals surface area contributed by atoms with Crippen molar-refractivity contribution < 1.29 is 0 Å². The summed E-state index contributed by atoms with van der Waals surface area (Å²) in [6, 6.07) is 15.9. The number of hydrogen-bond acceptors (Lipinski definition) is 2. The third-order valence-corrected chi connectivity index (χ3v) is 4.43. The quantitative estimate of drug-likeness (QED) is 0.877. The molecule has 3 rings (SSSR count). The molecule has 0 aliphatic carbocycles. The first kappa shape index (κ1) is 14.0. The number of fused-ring (bicyclic) bond motifs is 1. The van der Waals surface area contributed by atoms with E-state index < -0.39 is 0 Å². The molecule has 0 saturated carbocycles. The van der Waals surface area contributed by atoms with Crippen molar-refractivity contribution in [2.24, 2.45) is 0 Å². The maximum atomic E-state index is 3.63. The Morgan fingerprint density at radius 1 is 1.10 bits per heavy atom. The zero-order valence-corrected chi connectivity index (χ0v) is 13.2. The number of hydrogen-bond donors (Lipinski definition) is 1. The van der Waals surface area contributed by atoms with Gasteiger partial charge in [0.2, 0.25) is 0 Å². The molecular formula is C19H24N2. The lowest BCUT2D eigenvalue weighted by molar-refractivity contribution is 0.621. The molecule has 2 heteroatoms. The molecule has 1 aliphatic heterocycles. The first-order valence-corrected chi connectivity index (χ1v) is 7.87. The van der Waals surface area contributed by atoms with E-state index in [1.807, 2.05) is 0 Å². The van der Waals surface area contributed by atoms with Crippen LogP contribution in [0.4, 0.5) is 11.4 Å². The van der Waals surface area contributed by atoms with E-state index in [1.54, 1.807) is 0 Å². The van der Waals surface area contributed by atoms with Gasteiger partial charge in [-0.1, -0.05) is 37.3 Å². The van der Waals surface area contributed by atoms with E-state index in [0.717, 1.165) is 19.5 Å². The van der Waals surface area contributed by atoms with Gasteiger partial charge >= 0.3 is 0 Å². The molecule has 2 aromatic carbocycles. The number of nitrogens with zero attached hydrogens (tertiary/aromatic N) is 1. The van der Waals surface area contributed by atoms with Gasteiger partial charge in [-0.05, 0) is 49.1 Å². The van der Waals surface area contributed by atoms with Crippen LogP contribution in [0.2, 0.25) is 0 Å². The van der Waals surface area contributed by atoms with Crippen LogP contribution in [-0.2, 0) is 0 Å². The molecule has 2 nitrogen and oxygen atoms in total. The molecule has 0 amide bonds. The lowest BCUT2D eigenvalue weighted by Crippen LogP contribution is -2.38. The van der Waals surface area contributed by atoms with Gasteiger partial charge in [-0.25, -0.2) is 0 Å². The third-order valence-electron chi connectivity index (χ3n) is 4.43. The van der Waals surface area contributed by atoms with Gasteiger partial charge in [0.25, 0.3) is 0 Å². The molecule has 1 unspecified atom stereocenters. The summed E-state index contributed by atoms with van der Waals surface area (Å²) >= 11 is 0. The Kier molecular flexibility index (Phi) is 3.87. The van der Waals surface area contributed by atoms with E-state index in [-0.39, 0.29) is 0 Å². The van der Waals surface area contributed by atoms with E-state index in [0.29, 0.717) is 6.04 Å². The summed E-state index contributed by atoms with van der Waals surface area (Å²) in [5.41, 5.74) is 6.74. The lowest BCUT2D eigenvalue weighted by atomic mass is 9.98. The molecule has 1 atom stereocenters. The smallest absolute Gasteiger partial charge is 0.0715 e. The molecule has 0 aromatic heterocycles. The summed E-state index contributed by atoms with van der Waals surface area (Å²) in [5.74, 6) is 0. The third kappa shape index (κ3) is 2.63. The standard InChI is InChI=1S/C19H24N2/c1-4-10-21-18-12-15(3)14(2)11-17(18)20-13-19(21)16-8-6-5-7-9-16/h5-9,11-12,19-20H,4,10,13H2,1-3H3. The maximum Gasteiger partial charge on any atom is 0.0715 e. The Labute approximate surface area is 127 Å². The Morgan fingerprint density at radius 3 is 2.52 bits per heavy atom. The van der Waals surface area contributed by atoms with Crippen molar-refractivity contribution in [2.45, 2.75) is 33.2 Å². The van der Waals surface area contributed by atoms with Crippen molar-refractivity contribution in [1.82, 2.24) is 0 Å². The lowest BCUT2D eigenvalue weighted by Gasteiger charge is -2.40. The summed E-state index contributed by atoms with van der Waals surface area (Å²) in [5, 5.41) is 3.63. The van der Waals surface area contributed by atoms with Gasteiger partial charge in [0, 0.05) is 13.1 Å². The van der Waals surface area contributed by atoms with Crippen molar-refractivity contribution in [3.05, 3.63) is 59.2 Å². The molecule has 0 saturated heterocycles. The van der Waals surface area contributed by atoms with Crippen LogP contribution in [0.25, 0.3) is 0 Å². The number of nitrogens with one attached hydrogen (secondary N) is 1. The first-order chi connectivity index (χ1) is 10.2. The Balaban J connectivity index is 2.03. The van der Waals surface area contributed by atoms with Gasteiger partial charge in [-0.3, -0.25) is 0 Å². The molecular weight excluding hydrogens is 256 g/mol. The molecule has 0 radical (unpaired) electrons. The molecule has 21 heavy (non-hydrogen) atoms. The van der Waals surface area contributed by atoms with E-state index >= 15 is 0 Å². The zero-order valence-electron chi connectivity index (χ0n) is 13.2. The van der Waals surface area contributed by atoms with Crippen LogP contribution in [0.3, 0.4) is 0 Å². The van der Waals surface area contributed by atoms with Gasteiger partial charge in [0.05, 0.1) is 17.4 Å². The Morgan fingerprint density at radius 2 is 1.81 bits per heavy atom. The molecule has 0 bridgehead atoms. The van der Waals surface area contributed by atoms with E-state index in [9.17, 15) is 0 Å². The van der Waals surface area contributed by atoms with Crippen LogP contribution in [0.15, 0.2) is 42.5 Å². The van der Waals surface area contributed by atoms with Crippen LogP contribution in [0.5, 0.6) is 0 Å². The second kappa shape index (κ2) is 5.80. The Hall–Kier alpha value is -1.96. The fourth-order valence-electron chi connectivity index (χ4n) is 3.16. The highest BCUT2D eigenvalue weighted by molar-refractivity contribution is 5.75. The summed E-state index contributed by atoms with van der Waals surface area (Å²) < 4.78 is 0. The van der Waals surface area contributed by atoms with Crippen LogP contribution in [0.1, 0.15) is 36.1 Å². The van der Waals surface area contributed by atoms with Gasteiger partial charge in [-0.15, -0.1) is 0 Å². The van der Waals surface area contributed by atoms with Gasteiger partial charge < -0.3 is 10.2 Å². The van der Waals surface area contributed by atoms with Crippen LogP contribution in [-0.4, -0.2) is 13.1 Å². The minimum absolute atomic E-state index is 0.417. The van der Waals surface area contributed by atoms with E-state index in [4.69, 9.17) is 0 Å². The van der Waals surface area contributed by atoms with Crippen molar-refractivity contribution in [1.29, 1.82) is 0 Å². The fourth-order valence-corrected chi connectivity index (χ4v) is 3.16. The van der Waals surface area contributed by atoms with Crippen LogP contribution < -0.4 is 10.2 Å². The number of aryl methyl sites for hydroxylation is 2. The maximum absolute atomic E-state index is 3.63. The van der Waals surface area contributed by atoms with Crippen LogP contribution >= 0.6 is 0 Å². The van der Waals surface area contributed by atoms with E-state index in [1.165, 1.54) is 28.1 Å². The predicted molar refractivity (Wildman–Crippen MR) is 91.2 cm³/mol. The zero-order chi connectivity index (χ0) is 14.8. The van der Waals surface area contributed by atoms with Crippen molar-refractivity contribution in [3.8, 4) is 0 Å². The summed E-state index contributed by atoms with van der Waals surface area (Å²) in [6.45, 7) is 8.71. The van der Waals surface area contributed by atoms with Crippen molar-refractivity contribution >= 4 is 11.4 Å². The minimum Gasteiger partial charge on any atom is -0.381 e. The van der Waals surface area contributed by atoms with Gasteiger partial charge in [0.1, 0.15) is 0 Å². The largest absolute Gasteiger partial charge is 0.381 e. The second-order valence-corrected chi connectivity index (χ2v) is 5.95. The molecule has 1 heterocycles. The molecule has 0 fully saturated rings. The van der Waals surface area contributed by atoms with Crippen molar-refractivity contribution in [3.63, 3.8) is 0 Å². The minimum atomic E-state index is 0.417. The van der Waals surface area contributed by atoms with Crippen LogP contribution in [0, 0.1) is 13.8 Å². The summed E-state index contributed by atoms with van der Waals surface area (Å²) in [4.78, 5) is 2.56.